The zero-order valence-corrected chi connectivity index (χ0v) is 20.4. The highest BCUT2D eigenvalue weighted by atomic mass is 32.2. The lowest BCUT2D eigenvalue weighted by Crippen LogP contribution is -2.58. The number of carbonyl (C=O) groups is 2. The first kappa shape index (κ1) is 23.9. The minimum atomic E-state index is -0.686. The number of carbonyl (C=O) groups excluding carboxylic acids is 2. The Morgan fingerprint density at radius 2 is 1.74 bits per heavy atom. The molecule has 0 unspecified atom stereocenters. The molecule has 0 bridgehead atoms. The molecule has 2 fully saturated rings. The molecule has 2 saturated heterocycles. The summed E-state index contributed by atoms with van der Waals surface area (Å²) < 4.78 is 5.24. The summed E-state index contributed by atoms with van der Waals surface area (Å²) in [6, 6.07) is 8.33. The van der Waals surface area contributed by atoms with Gasteiger partial charge in [-0.25, -0.2) is 4.79 Å². The zero-order valence-electron chi connectivity index (χ0n) is 19.6. The first-order chi connectivity index (χ1) is 14.8. The van der Waals surface area contributed by atoms with Gasteiger partial charge in [0, 0.05) is 38.0 Å². The molecule has 2 heterocycles. The van der Waals surface area contributed by atoms with Gasteiger partial charge in [-0.1, -0.05) is 26.0 Å². The maximum Gasteiger partial charge on any atom is 0.327 e. The Kier molecular flexibility index (Phi) is 7.92. The largest absolute Gasteiger partial charge is 0.497 e. The molecule has 1 aromatic carbocycles. The van der Waals surface area contributed by atoms with Gasteiger partial charge in [0.05, 0.1) is 7.11 Å². The summed E-state index contributed by atoms with van der Waals surface area (Å²) in [4.78, 5) is 32.8. The van der Waals surface area contributed by atoms with Gasteiger partial charge in [-0.15, -0.1) is 0 Å². The number of methoxy groups -OCH3 is 1. The monoisotopic (exact) mass is 447 g/mol. The lowest BCUT2D eigenvalue weighted by Gasteiger charge is -2.44. The fourth-order valence-electron chi connectivity index (χ4n) is 4.82. The van der Waals surface area contributed by atoms with E-state index in [9.17, 15) is 9.59 Å². The fraction of sp³-hybridized carbons (Fsp3) is 0.667. The average Bonchev–Trinajstić information content (AvgIpc) is 2.94. The second kappa shape index (κ2) is 10.3. The molecule has 1 atom stereocenters. The van der Waals surface area contributed by atoms with Gasteiger partial charge in [-0.05, 0) is 56.1 Å². The summed E-state index contributed by atoms with van der Waals surface area (Å²) in [7, 11) is 1.66. The molecular weight excluding hydrogens is 410 g/mol. The van der Waals surface area contributed by atoms with E-state index in [-0.39, 0.29) is 17.9 Å². The quantitative estimate of drug-likeness (QED) is 0.540. The maximum absolute atomic E-state index is 13.6. The Bertz CT molecular complexity index is 760. The van der Waals surface area contributed by atoms with E-state index in [1.165, 1.54) is 4.90 Å². The van der Waals surface area contributed by atoms with Gasteiger partial charge in [-0.3, -0.25) is 14.6 Å². The van der Waals surface area contributed by atoms with Crippen molar-refractivity contribution >= 4 is 23.7 Å². The minimum Gasteiger partial charge on any atom is -0.497 e. The molecule has 31 heavy (non-hydrogen) atoms. The van der Waals surface area contributed by atoms with Gasteiger partial charge < -0.3 is 9.64 Å². The normalized spacial score (nSPS) is 20.2. The lowest BCUT2D eigenvalue weighted by molar-refractivity contribution is -0.136. The summed E-state index contributed by atoms with van der Waals surface area (Å²) in [6.45, 7) is 9.13. The molecule has 3 rings (SSSR count). The van der Waals surface area contributed by atoms with E-state index in [4.69, 9.17) is 4.74 Å². The van der Waals surface area contributed by atoms with E-state index in [1.54, 1.807) is 7.11 Å². The standard InChI is InChI=1S/C24H37N3O3S/c1-18(2)16-26-22(28)24(11-14-25(15-12-24)19(3)17-31-5)27(23(26)29)13-10-20-6-8-21(30-4)9-7-20/h6-9,18-19H,10-17H2,1-5H3/t19-/m0/s1. The van der Waals surface area contributed by atoms with E-state index in [0.29, 0.717) is 32.0 Å². The number of imide groups is 1. The first-order valence-electron chi connectivity index (χ1n) is 11.3. The number of nitrogens with zero attached hydrogens (tertiary/aromatic N) is 3. The smallest absolute Gasteiger partial charge is 0.327 e. The Morgan fingerprint density at radius 3 is 2.29 bits per heavy atom. The molecule has 3 amide bonds. The molecule has 2 aliphatic heterocycles. The molecule has 0 aliphatic carbocycles. The summed E-state index contributed by atoms with van der Waals surface area (Å²) in [6.07, 6.45) is 4.29. The number of urea groups is 1. The second-order valence-corrected chi connectivity index (χ2v) is 10.1. The third kappa shape index (κ3) is 5.03. The van der Waals surface area contributed by atoms with E-state index < -0.39 is 5.54 Å². The van der Waals surface area contributed by atoms with Crippen molar-refractivity contribution in [2.45, 2.75) is 51.6 Å². The Labute approximate surface area is 191 Å². The molecular formula is C24H37N3O3S. The van der Waals surface area contributed by atoms with Crippen LogP contribution in [-0.2, 0) is 11.2 Å². The van der Waals surface area contributed by atoms with Gasteiger partial charge in [0.25, 0.3) is 5.91 Å². The van der Waals surface area contributed by atoms with Crippen LogP contribution < -0.4 is 4.74 Å². The van der Waals surface area contributed by atoms with Crippen molar-refractivity contribution in [3.05, 3.63) is 29.8 Å². The van der Waals surface area contributed by atoms with Gasteiger partial charge in [0.15, 0.2) is 0 Å². The summed E-state index contributed by atoms with van der Waals surface area (Å²) in [5, 5.41) is 0. The molecule has 1 spiro atoms. The number of hydrogen-bond donors (Lipinski definition) is 0. The van der Waals surface area contributed by atoms with Gasteiger partial charge in [-0.2, -0.15) is 11.8 Å². The van der Waals surface area contributed by atoms with Crippen LogP contribution in [0.1, 0.15) is 39.2 Å². The van der Waals surface area contributed by atoms with Gasteiger partial charge in [0.2, 0.25) is 0 Å². The molecule has 172 valence electrons. The number of hydrogen-bond acceptors (Lipinski definition) is 5. The van der Waals surface area contributed by atoms with Crippen molar-refractivity contribution in [2.75, 3.05) is 45.3 Å². The third-order valence-electron chi connectivity index (χ3n) is 6.61. The lowest BCUT2D eigenvalue weighted by atomic mass is 9.85. The molecule has 1 aromatic rings. The summed E-state index contributed by atoms with van der Waals surface area (Å²) >= 11 is 1.85. The van der Waals surface area contributed by atoms with Crippen LogP contribution in [0, 0.1) is 5.92 Å². The van der Waals surface area contributed by atoms with E-state index in [2.05, 4.69) is 31.9 Å². The number of benzene rings is 1. The van der Waals surface area contributed by atoms with Crippen molar-refractivity contribution in [3.8, 4) is 5.75 Å². The van der Waals surface area contributed by atoms with Crippen LogP contribution in [0.3, 0.4) is 0 Å². The Morgan fingerprint density at radius 1 is 1.10 bits per heavy atom. The second-order valence-electron chi connectivity index (χ2n) is 9.21. The fourth-order valence-corrected chi connectivity index (χ4v) is 5.51. The van der Waals surface area contributed by atoms with Crippen LogP contribution in [0.4, 0.5) is 4.79 Å². The highest BCUT2D eigenvalue weighted by Gasteiger charge is 2.57. The van der Waals surface area contributed by atoms with Gasteiger partial charge >= 0.3 is 6.03 Å². The topological polar surface area (TPSA) is 53.1 Å². The molecule has 0 radical (unpaired) electrons. The number of ether oxygens (including phenoxy) is 1. The van der Waals surface area contributed by atoms with E-state index in [0.717, 1.165) is 36.6 Å². The van der Waals surface area contributed by atoms with Crippen LogP contribution >= 0.6 is 11.8 Å². The van der Waals surface area contributed by atoms with E-state index in [1.807, 2.05) is 40.9 Å². The van der Waals surface area contributed by atoms with Crippen LogP contribution in [-0.4, -0.2) is 83.5 Å². The highest BCUT2D eigenvalue weighted by Crippen LogP contribution is 2.38. The van der Waals surface area contributed by atoms with Crippen LogP contribution in [0.2, 0.25) is 0 Å². The SMILES string of the molecule is COc1ccc(CCN2C(=O)N(CC(C)C)C(=O)C23CCN([C@@H](C)CSC)CC3)cc1. The van der Waals surface area contributed by atoms with Crippen molar-refractivity contribution in [1.82, 2.24) is 14.7 Å². The van der Waals surface area contributed by atoms with Gasteiger partial charge in [0.1, 0.15) is 11.3 Å². The van der Waals surface area contributed by atoms with E-state index >= 15 is 0 Å². The third-order valence-corrected chi connectivity index (χ3v) is 7.42. The predicted molar refractivity (Wildman–Crippen MR) is 127 cm³/mol. The van der Waals surface area contributed by atoms with Crippen molar-refractivity contribution in [2.24, 2.45) is 5.92 Å². The molecule has 0 aromatic heterocycles. The number of likely N-dealkylation sites (tertiary alicyclic amines) is 1. The van der Waals surface area contributed by atoms with Crippen molar-refractivity contribution in [3.63, 3.8) is 0 Å². The first-order valence-corrected chi connectivity index (χ1v) is 12.7. The highest BCUT2D eigenvalue weighted by molar-refractivity contribution is 7.98. The minimum absolute atomic E-state index is 0.0121. The van der Waals surface area contributed by atoms with Crippen LogP contribution in [0.25, 0.3) is 0 Å². The number of piperidine rings is 1. The molecule has 0 saturated carbocycles. The van der Waals surface area contributed by atoms with Crippen LogP contribution in [0.15, 0.2) is 24.3 Å². The Hall–Kier alpha value is -1.73. The number of rotatable bonds is 9. The maximum atomic E-state index is 13.6. The molecule has 7 heteroatoms. The molecule has 6 nitrogen and oxygen atoms in total. The van der Waals surface area contributed by atoms with Crippen molar-refractivity contribution in [1.29, 1.82) is 0 Å². The molecule has 2 aliphatic rings. The van der Waals surface area contributed by atoms with Crippen LogP contribution in [0.5, 0.6) is 5.75 Å². The predicted octanol–water partition coefficient (Wildman–Crippen LogP) is 3.74. The zero-order chi connectivity index (χ0) is 22.6. The Balaban J connectivity index is 1.78. The number of thioether (sulfide) groups is 1. The summed E-state index contributed by atoms with van der Waals surface area (Å²) in [5.74, 6) is 2.18. The number of amides is 3. The summed E-state index contributed by atoms with van der Waals surface area (Å²) in [5.41, 5.74) is 0.457. The van der Waals surface area contributed by atoms with Crippen molar-refractivity contribution < 1.29 is 14.3 Å². The average molecular weight is 448 g/mol. The molecule has 0 N–H and O–H groups in total.